The van der Waals surface area contributed by atoms with Crippen molar-refractivity contribution in [3.05, 3.63) is 22.7 Å². The first-order valence-electron chi connectivity index (χ1n) is 7.01. The van der Waals surface area contributed by atoms with Gasteiger partial charge in [0.25, 0.3) is 0 Å². The molecule has 0 aromatic heterocycles. The van der Waals surface area contributed by atoms with Gasteiger partial charge >= 0.3 is 0 Å². The Kier molecular flexibility index (Phi) is 5.14. The first-order valence-corrected chi connectivity index (χ1v) is 8.87. The third-order valence-corrected chi connectivity index (χ3v) is 6.05. The molecule has 0 amide bonds. The predicted octanol–water partition coefficient (Wildman–Crippen LogP) is 1.92. The Balaban J connectivity index is 2.12. The molecular formula is C14H21ClN2O3S. The second-order valence-corrected chi connectivity index (χ2v) is 7.78. The van der Waals surface area contributed by atoms with E-state index in [2.05, 4.69) is 4.72 Å². The van der Waals surface area contributed by atoms with E-state index >= 15 is 0 Å². The number of halogens is 1. The number of nitrogens with two attached hydrogens (primary N) is 1. The Bertz CT molecular complexity index is 596. The highest BCUT2D eigenvalue weighted by atomic mass is 35.5. The van der Waals surface area contributed by atoms with Crippen molar-refractivity contribution >= 4 is 27.3 Å². The van der Waals surface area contributed by atoms with Crippen LogP contribution in [0.3, 0.4) is 0 Å². The molecule has 0 saturated heterocycles. The number of benzene rings is 1. The quantitative estimate of drug-likeness (QED) is 0.718. The highest BCUT2D eigenvalue weighted by molar-refractivity contribution is 7.89. The van der Waals surface area contributed by atoms with Crippen LogP contribution in [0.15, 0.2) is 17.0 Å². The number of aliphatic hydroxyl groups is 1. The van der Waals surface area contributed by atoms with Crippen LogP contribution in [-0.2, 0) is 10.0 Å². The molecule has 1 saturated carbocycles. The molecule has 1 aliphatic rings. The van der Waals surface area contributed by atoms with E-state index in [1.54, 1.807) is 6.92 Å². The van der Waals surface area contributed by atoms with Crippen molar-refractivity contribution in [2.75, 3.05) is 18.9 Å². The van der Waals surface area contributed by atoms with Crippen LogP contribution in [0.25, 0.3) is 0 Å². The van der Waals surface area contributed by atoms with Crippen molar-refractivity contribution in [2.45, 2.75) is 31.1 Å². The molecule has 2 rings (SSSR count). The lowest BCUT2D eigenvalue weighted by Gasteiger charge is -2.18. The fourth-order valence-electron chi connectivity index (χ4n) is 2.75. The third-order valence-electron chi connectivity index (χ3n) is 4.25. The molecule has 0 bridgehead atoms. The summed E-state index contributed by atoms with van der Waals surface area (Å²) in [6, 6.07) is 2.83. The van der Waals surface area contributed by atoms with Gasteiger partial charge in [-0.3, -0.25) is 0 Å². The number of hydrogen-bond donors (Lipinski definition) is 3. The molecule has 0 heterocycles. The predicted molar refractivity (Wildman–Crippen MR) is 83.7 cm³/mol. The van der Waals surface area contributed by atoms with Gasteiger partial charge in [-0.25, -0.2) is 13.1 Å². The minimum Gasteiger partial charge on any atom is -0.398 e. The lowest BCUT2D eigenvalue weighted by atomic mass is 9.97. The number of nitrogens with one attached hydrogen (secondary N) is 1. The van der Waals surface area contributed by atoms with Crippen molar-refractivity contribution in [3.63, 3.8) is 0 Å². The minimum absolute atomic E-state index is 0.0779. The zero-order chi connectivity index (χ0) is 15.6. The second-order valence-electron chi connectivity index (χ2n) is 5.60. The highest BCUT2D eigenvalue weighted by Gasteiger charge is 2.28. The van der Waals surface area contributed by atoms with Crippen LogP contribution in [0.2, 0.25) is 5.02 Å². The molecule has 1 aliphatic carbocycles. The molecule has 1 aromatic rings. The maximum atomic E-state index is 12.3. The Labute approximate surface area is 130 Å². The molecule has 1 aromatic carbocycles. The van der Waals surface area contributed by atoms with E-state index in [0.717, 1.165) is 19.3 Å². The Morgan fingerprint density at radius 2 is 2.05 bits per heavy atom. The summed E-state index contributed by atoms with van der Waals surface area (Å²) in [7, 11) is -3.64. The zero-order valence-electron chi connectivity index (χ0n) is 12.0. The molecule has 1 fully saturated rings. The highest BCUT2D eigenvalue weighted by Crippen LogP contribution is 2.31. The van der Waals surface area contributed by atoms with Gasteiger partial charge in [-0.1, -0.05) is 18.0 Å². The fraction of sp³-hybridized carbons (Fsp3) is 0.571. The topological polar surface area (TPSA) is 92.4 Å². The summed E-state index contributed by atoms with van der Waals surface area (Å²) >= 11 is 5.99. The van der Waals surface area contributed by atoms with Gasteiger partial charge in [-0.15, -0.1) is 0 Å². The van der Waals surface area contributed by atoms with Crippen molar-refractivity contribution in [3.8, 4) is 0 Å². The number of nitrogen functional groups attached to an aromatic ring is 1. The van der Waals surface area contributed by atoms with Crippen molar-refractivity contribution in [1.82, 2.24) is 4.72 Å². The van der Waals surface area contributed by atoms with E-state index in [0.29, 0.717) is 22.8 Å². The first-order chi connectivity index (χ1) is 9.85. The smallest absolute Gasteiger partial charge is 0.240 e. The van der Waals surface area contributed by atoms with Gasteiger partial charge in [-0.2, -0.15) is 0 Å². The zero-order valence-corrected chi connectivity index (χ0v) is 13.5. The number of anilines is 1. The van der Waals surface area contributed by atoms with E-state index in [9.17, 15) is 13.5 Å². The van der Waals surface area contributed by atoms with Crippen LogP contribution in [0.5, 0.6) is 0 Å². The van der Waals surface area contributed by atoms with Crippen molar-refractivity contribution in [1.29, 1.82) is 0 Å². The van der Waals surface area contributed by atoms with E-state index in [1.807, 2.05) is 0 Å². The summed E-state index contributed by atoms with van der Waals surface area (Å²) in [5.41, 5.74) is 6.80. The standard InChI is InChI=1S/C14H21ClN2O3S/c1-9-13(15)5-12(6-14(9)16)21(19,20)17-7-10-3-2-4-11(10)8-18/h5-6,10-11,17-18H,2-4,7-8,16H2,1H3. The summed E-state index contributed by atoms with van der Waals surface area (Å²) in [5.74, 6) is 0.363. The van der Waals surface area contributed by atoms with Gasteiger partial charge in [0, 0.05) is 23.9 Å². The maximum Gasteiger partial charge on any atom is 0.240 e. The van der Waals surface area contributed by atoms with Gasteiger partial charge in [0.1, 0.15) is 0 Å². The van der Waals surface area contributed by atoms with Crippen LogP contribution in [0.1, 0.15) is 24.8 Å². The summed E-state index contributed by atoms with van der Waals surface area (Å²) in [6.45, 7) is 2.18. The lowest BCUT2D eigenvalue weighted by Crippen LogP contribution is -2.31. The maximum absolute atomic E-state index is 12.3. The fourth-order valence-corrected chi connectivity index (χ4v) is 4.20. The largest absolute Gasteiger partial charge is 0.398 e. The molecule has 2 atom stereocenters. The van der Waals surface area contributed by atoms with Gasteiger partial charge < -0.3 is 10.8 Å². The van der Waals surface area contributed by atoms with Crippen molar-refractivity contribution < 1.29 is 13.5 Å². The van der Waals surface area contributed by atoms with E-state index < -0.39 is 10.0 Å². The summed E-state index contributed by atoms with van der Waals surface area (Å²) in [5, 5.41) is 9.61. The van der Waals surface area contributed by atoms with Crippen molar-refractivity contribution in [2.24, 2.45) is 11.8 Å². The van der Waals surface area contributed by atoms with Crippen LogP contribution in [-0.4, -0.2) is 26.7 Å². The van der Waals surface area contributed by atoms with Gasteiger partial charge in [0.15, 0.2) is 0 Å². The summed E-state index contributed by atoms with van der Waals surface area (Å²) in [6.07, 6.45) is 2.91. The molecule has 7 heteroatoms. The molecule has 0 aliphatic heterocycles. The Morgan fingerprint density at radius 1 is 1.38 bits per heavy atom. The van der Waals surface area contributed by atoms with Gasteiger partial charge in [0.05, 0.1) is 4.90 Å². The molecule has 21 heavy (non-hydrogen) atoms. The van der Waals surface area contributed by atoms with Gasteiger partial charge in [-0.05, 0) is 49.3 Å². The lowest BCUT2D eigenvalue weighted by molar-refractivity contribution is 0.195. The van der Waals surface area contributed by atoms with Gasteiger partial charge in [0.2, 0.25) is 10.0 Å². The van der Waals surface area contributed by atoms with E-state index in [1.165, 1.54) is 12.1 Å². The number of rotatable bonds is 5. The first kappa shape index (κ1) is 16.5. The molecule has 0 spiro atoms. The summed E-state index contributed by atoms with van der Waals surface area (Å²) in [4.78, 5) is 0.0779. The Hall–Kier alpha value is -0.820. The molecule has 118 valence electrons. The minimum atomic E-state index is -3.64. The average molecular weight is 333 g/mol. The summed E-state index contributed by atoms with van der Waals surface area (Å²) < 4.78 is 27.2. The SMILES string of the molecule is Cc1c(N)cc(S(=O)(=O)NCC2CCCC2CO)cc1Cl. The van der Waals surface area contributed by atoms with Crippen LogP contribution < -0.4 is 10.5 Å². The monoisotopic (exact) mass is 332 g/mol. The molecule has 0 radical (unpaired) electrons. The van der Waals surface area contributed by atoms with Crippen LogP contribution in [0, 0.1) is 18.8 Å². The van der Waals surface area contributed by atoms with Crippen LogP contribution in [0.4, 0.5) is 5.69 Å². The molecular weight excluding hydrogens is 312 g/mol. The number of aliphatic hydroxyl groups excluding tert-OH is 1. The third kappa shape index (κ3) is 3.69. The molecule has 2 unspecified atom stereocenters. The molecule has 5 nitrogen and oxygen atoms in total. The van der Waals surface area contributed by atoms with E-state index in [4.69, 9.17) is 17.3 Å². The average Bonchev–Trinajstić information content (AvgIpc) is 2.89. The van der Waals surface area contributed by atoms with Crippen LogP contribution >= 0.6 is 11.6 Å². The molecule has 4 N–H and O–H groups in total. The second kappa shape index (κ2) is 6.52. The normalized spacial score (nSPS) is 22.6. The Morgan fingerprint density at radius 3 is 2.67 bits per heavy atom. The number of sulfonamides is 1. The number of hydrogen-bond acceptors (Lipinski definition) is 4. The van der Waals surface area contributed by atoms with E-state index in [-0.39, 0.29) is 23.3 Å².